The van der Waals surface area contributed by atoms with Crippen molar-refractivity contribution in [3.05, 3.63) is 65.0 Å². The highest BCUT2D eigenvalue weighted by Gasteiger charge is 2.31. The summed E-state index contributed by atoms with van der Waals surface area (Å²) in [6.07, 6.45) is 6.29. The number of benzene rings is 1. The van der Waals surface area contributed by atoms with Crippen molar-refractivity contribution >= 4 is 0 Å². The average molecular weight is 381 g/mol. The first kappa shape index (κ1) is 19.5. The van der Waals surface area contributed by atoms with E-state index in [1.54, 1.807) is 6.20 Å². The number of aryl methyl sites for hydroxylation is 2. The van der Waals surface area contributed by atoms with E-state index in [1.807, 2.05) is 12.3 Å². The zero-order valence-electron chi connectivity index (χ0n) is 17.0. The van der Waals surface area contributed by atoms with Crippen molar-refractivity contribution in [2.75, 3.05) is 26.2 Å². The van der Waals surface area contributed by atoms with Gasteiger partial charge in [-0.25, -0.2) is 5.43 Å². The third-order valence-electron chi connectivity index (χ3n) is 6.22. The Hall–Kier alpha value is -1.79. The molecule has 0 saturated carbocycles. The molecule has 3 heterocycles. The molecule has 2 aliphatic rings. The highest BCUT2D eigenvalue weighted by molar-refractivity contribution is 5.32. The smallest absolute Gasteiger partial charge is 0.0735 e. The van der Waals surface area contributed by atoms with Gasteiger partial charge in [0.15, 0.2) is 0 Å². The van der Waals surface area contributed by atoms with Crippen LogP contribution in [-0.4, -0.2) is 42.2 Å². The van der Waals surface area contributed by atoms with Gasteiger partial charge in [0.2, 0.25) is 0 Å². The summed E-state index contributed by atoms with van der Waals surface area (Å²) in [5.74, 6) is 0.593. The predicted molar refractivity (Wildman–Crippen MR) is 112 cm³/mol. The van der Waals surface area contributed by atoms with Crippen LogP contribution in [0.15, 0.2) is 42.7 Å². The van der Waals surface area contributed by atoms with Crippen molar-refractivity contribution < 1.29 is 4.74 Å². The van der Waals surface area contributed by atoms with E-state index in [2.05, 4.69) is 58.8 Å². The minimum Gasteiger partial charge on any atom is -0.373 e. The molecule has 2 atom stereocenters. The number of hydrogen-bond donors (Lipinski definition) is 2. The monoisotopic (exact) mass is 380 g/mol. The van der Waals surface area contributed by atoms with E-state index in [4.69, 9.17) is 4.74 Å². The van der Waals surface area contributed by atoms with Gasteiger partial charge in [0.05, 0.1) is 18.8 Å². The second-order valence-corrected chi connectivity index (χ2v) is 8.28. The summed E-state index contributed by atoms with van der Waals surface area (Å²) in [6, 6.07) is 11.3. The Bertz CT molecular complexity index is 758. The van der Waals surface area contributed by atoms with E-state index in [1.165, 1.54) is 16.7 Å². The molecule has 28 heavy (non-hydrogen) atoms. The van der Waals surface area contributed by atoms with Crippen LogP contribution in [0.1, 0.15) is 41.1 Å². The quantitative estimate of drug-likeness (QED) is 0.806. The maximum Gasteiger partial charge on any atom is 0.0735 e. The molecule has 0 aliphatic carbocycles. The molecule has 0 radical (unpaired) electrons. The van der Waals surface area contributed by atoms with Gasteiger partial charge in [0.1, 0.15) is 0 Å². The fraction of sp³-hybridized carbons (Fsp3) is 0.522. The summed E-state index contributed by atoms with van der Waals surface area (Å²) in [4.78, 5) is 6.77. The Balaban J connectivity index is 1.26. The Morgan fingerprint density at radius 1 is 1.14 bits per heavy atom. The van der Waals surface area contributed by atoms with Gasteiger partial charge in [0.25, 0.3) is 0 Å². The summed E-state index contributed by atoms with van der Waals surface area (Å²) in [6.45, 7) is 9.44. The van der Waals surface area contributed by atoms with E-state index >= 15 is 0 Å². The molecule has 0 spiro atoms. The predicted octanol–water partition coefficient (Wildman–Crippen LogP) is 3.14. The van der Waals surface area contributed by atoms with E-state index in [-0.39, 0.29) is 0 Å². The molecule has 2 fully saturated rings. The summed E-state index contributed by atoms with van der Waals surface area (Å²) >= 11 is 0. The standard InChI is InChI=1S/C23H32N4O/c1-17-5-6-20(12-18(17)2)23-21(14-25-26-23)15-27-10-7-22(8-11-27)28-16-19-4-3-9-24-13-19/h3-6,9,12-13,21-23,25-26H,7-8,10-11,14-16H2,1-2H3. The van der Waals surface area contributed by atoms with Gasteiger partial charge < -0.3 is 9.64 Å². The maximum atomic E-state index is 6.11. The van der Waals surface area contributed by atoms with Crippen molar-refractivity contribution in [1.29, 1.82) is 0 Å². The molecule has 0 amide bonds. The third kappa shape index (κ3) is 4.78. The Labute approximate surface area is 168 Å². The van der Waals surface area contributed by atoms with E-state index < -0.39 is 0 Å². The lowest BCUT2D eigenvalue weighted by Gasteiger charge is -2.34. The molecule has 4 rings (SSSR count). The zero-order valence-corrected chi connectivity index (χ0v) is 17.0. The zero-order chi connectivity index (χ0) is 19.3. The highest BCUT2D eigenvalue weighted by Crippen LogP contribution is 2.28. The minimum atomic E-state index is 0.367. The topological polar surface area (TPSA) is 49.4 Å². The number of rotatable bonds is 6. The van der Waals surface area contributed by atoms with Gasteiger partial charge in [-0.1, -0.05) is 24.3 Å². The number of piperidine rings is 1. The number of hydrazine groups is 1. The lowest BCUT2D eigenvalue weighted by Crippen LogP contribution is -2.41. The van der Waals surface area contributed by atoms with Crippen molar-refractivity contribution in [1.82, 2.24) is 20.7 Å². The van der Waals surface area contributed by atoms with Gasteiger partial charge >= 0.3 is 0 Å². The van der Waals surface area contributed by atoms with Gasteiger partial charge in [-0.2, -0.15) is 0 Å². The largest absolute Gasteiger partial charge is 0.373 e. The number of nitrogens with zero attached hydrogens (tertiary/aromatic N) is 2. The van der Waals surface area contributed by atoms with Gasteiger partial charge in [-0.15, -0.1) is 0 Å². The van der Waals surface area contributed by atoms with Crippen LogP contribution >= 0.6 is 0 Å². The van der Waals surface area contributed by atoms with Gasteiger partial charge in [0, 0.05) is 44.5 Å². The summed E-state index contributed by atoms with van der Waals surface area (Å²) < 4.78 is 6.11. The molecule has 1 aromatic carbocycles. The lowest BCUT2D eigenvalue weighted by atomic mass is 9.92. The summed E-state index contributed by atoms with van der Waals surface area (Å²) in [5.41, 5.74) is 12.2. The van der Waals surface area contributed by atoms with Crippen LogP contribution in [0.3, 0.4) is 0 Å². The van der Waals surface area contributed by atoms with E-state index in [0.29, 0.717) is 24.7 Å². The number of nitrogens with one attached hydrogen (secondary N) is 2. The van der Waals surface area contributed by atoms with Gasteiger partial charge in [-0.3, -0.25) is 10.4 Å². The third-order valence-corrected chi connectivity index (χ3v) is 6.22. The van der Waals surface area contributed by atoms with Crippen molar-refractivity contribution in [2.24, 2.45) is 5.92 Å². The average Bonchev–Trinajstić information content (AvgIpc) is 3.18. The van der Waals surface area contributed by atoms with Crippen LogP contribution in [-0.2, 0) is 11.3 Å². The molecule has 1 aromatic heterocycles. The Morgan fingerprint density at radius 3 is 2.75 bits per heavy atom. The normalized spacial score (nSPS) is 23.9. The molecule has 150 valence electrons. The van der Waals surface area contributed by atoms with Gasteiger partial charge in [-0.05, 0) is 55.0 Å². The molecule has 5 heteroatoms. The maximum absolute atomic E-state index is 6.11. The first-order chi connectivity index (χ1) is 13.7. The first-order valence-corrected chi connectivity index (χ1v) is 10.5. The van der Waals surface area contributed by atoms with Crippen molar-refractivity contribution in [2.45, 2.75) is 45.4 Å². The number of aromatic nitrogens is 1. The molecule has 2 aromatic rings. The molecule has 2 saturated heterocycles. The molecular formula is C23H32N4O. The molecule has 2 aliphatic heterocycles. The highest BCUT2D eigenvalue weighted by atomic mass is 16.5. The fourth-order valence-electron chi connectivity index (χ4n) is 4.31. The van der Waals surface area contributed by atoms with E-state index in [0.717, 1.165) is 44.6 Å². The van der Waals surface area contributed by atoms with Crippen LogP contribution in [0.5, 0.6) is 0 Å². The van der Waals surface area contributed by atoms with Crippen LogP contribution in [0.25, 0.3) is 0 Å². The summed E-state index contributed by atoms with van der Waals surface area (Å²) in [5, 5.41) is 0. The number of likely N-dealkylation sites (tertiary alicyclic amines) is 1. The van der Waals surface area contributed by atoms with Crippen LogP contribution in [0.4, 0.5) is 0 Å². The second-order valence-electron chi connectivity index (χ2n) is 8.28. The van der Waals surface area contributed by atoms with Crippen LogP contribution in [0.2, 0.25) is 0 Å². The molecular weight excluding hydrogens is 348 g/mol. The Morgan fingerprint density at radius 2 is 2.00 bits per heavy atom. The molecule has 0 bridgehead atoms. The van der Waals surface area contributed by atoms with Crippen LogP contribution in [0, 0.1) is 19.8 Å². The number of pyridine rings is 1. The SMILES string of the molecule is Cc1ccc(C2NNCC2CN2CCC(OCc3cccnc3)CC2)cc1C. The first-order valence-electron chi connectivity index (χ1n) is 10.5. The van der Waals surface area contributed by atoms with Crippen molar-refractivity contribution in [3.8, 4) is 0 Å². The summed E-state index contributed by atoms with van der Waals surface area (Å²) in [7, 11) is 0. The lowest BCUT2D eigenvalue weighted by molar-refractivity contribution is -0.00515. The van der Waals surface area contributed by atoms with Crippen LogP contribution < -0.4 is 10.9 Å². The number of ether oxygens (including phenoxy) is 1. The number of hydrogen-bond acceptors (Lipinski definition) is 5. The fourth-order valence-corrected chi connectivity index (χ4v) is 4.31. The minimum absolute atomic E-state index is 0.367. The Kier molecular flexibility index (Phi) is 6.37. The molecule has 2 N–H and O–H groups in total. The van der Waals surface area contributed by atoms with E-state index in [9.17, 15) is 0 Å². The molecule has 2 unspecified atom stereocenters. The molecule has 5 nitrogen and oxygen atoms in total. The second kappa shape index (κ2) is 9.14. The van der Waals surface area contributed by atoms with Crippen molar-refractivity contribution in [3.63, 3.8) is 0 Å².